The molecule has 4 nitrogen and oxygen atoms in total. The summed E-state index contributed by atoms with van der Waals surface area (Å²) < 4.78 is 39.5. The number of aryl methyl sites for hydroxylation is 1. The van der Waals surface area contributed by atoms with Crippen LogP contribution in [0.15, 0.2) is 12.1 Å². The van der Waals surface area contributed by atoms with E-state index in [1.54, 1.807) is 0 Å². The van der Waals surface area contributed by atoms with Crippen molar-refractivity contribution >= 4 is 17.3 Å². The molecule has 16 heavy (non-hydrogen) atoms. The third-order valence-electron chi connectivity index (χ3n) is 1.64. The molecule has 0 bridgehead atoms. The van der Waals surface area contributed by atoms with Crippen molar-refractivity contribution in [1.82, 2.24) is 0 Å². The molecule has 0 aliphatic carbocycles. The SMILES string of the molecule is Cc1cc([N+](=O)[O-])cc(Cl)c1OC(F)(F)F. The van der Waals surface area contributed by atoms with Gasteiger partial charge in [-0.2, -0.15) is 0 Å². The number of nitro benzene ring substituents is 1. The molecule has 88 valence electrons. The van der Waals surface area contributed by atoms with Crippen LogP contribution in [0, 0.1) is 17.0 Å². The van der Waals surface area contributed by atoms with Gasteiger partial charge < -0.3 is 4.74 Å². The highest BCUT2D eigenvalue weighted by molar-refractivity contribution is 6.32. The van der Waals surface area contributed by atoms with Gasteiger partial charge in [0, 0.05) is 12.1 Å². The van der Waals surface area contributed by atoms with Gasteiger partial charge in [-0.15, -0.1) is 13.2 Å². The lowest BCUT2D eigenvalue weighted by molar-refractivity contribution is -0.385. The number of nitro groups is 1. The normalized spacial score (nSPS) is 11.3. The molecule has 1 aromatic carbocycles. The van der Waals surface area contributed by atoms with Crippen molar-refractivity contribution in [3.63, 3.8) is 0 Å². The van der Waals surface area contributed by atoms with Crippen LogP contribution in [0.4, 0.5) is 18.9 Å². The van der Waals surface area contributed by atoms with E-state index in [4.69, 9.17) is 11.6 Å². The minimum Gasteiger partial charge on any atom is -0.404 e. The maximum atomic E-state index is 11.9. The van der Waals surface area contributed by atoms with Crippen molar-refractivity contribution in [3.8, 4) is 5.75 Å². The maximum absolute atomic E-state index is 11.9. The molecule has 1 aromatic rings. The third-order valence-corrected chi connectivity index (χ3v) is 1.92. The Morgan fingerprint density at radius 3 is 2.38 bits per heavy atom. The van der Waals surface area contributed by atoms with E-state index in [0.29, 0.717) is 0 Å². The van der Waals surface area contributed by atoms with Crippen LogP contribution >= 0.6 is 11.6 Å². The predicted molar refractivity (Wildman–Crippen MR) is 49.5 cm³/mol. The van der Waals surface area contributed by atoms with Crippen molar-refractivity contribution in [1.29, 1.82) is 0 Å². The molecule has 0 spiro atoms. The zero-order chi connectivity index (χ0) is 12.5. The van der Waals surface area contributed by atoms with Crippen molar-refractivity contribution in [3.05, 3.63) is 32.8 Å². The van der Waals surface area contributed by atoms with E-state index in [0.717, 1.165) is 12.1 Å². The Kier molecular flexibility index (Phi) is 3.27. The highest BCUT2D eigenvalue weighted by atomic mass is 35.5. The molecule has 0 amide bonds. The molecule has 0 heterocycles. The third kappa shape index (κ3) is 2.99. The van der Waals surface area contributed by atoms with Gasteiger partial charge in [0.15, 0.2) is 5.75 Å². The highest BCUT2D eigenvalue weighted by Crippen LogP contribution is 2.36. The molecule has 0 saturated carbocycles. The molecule has 0 atom stereocenters. The van der Waals surface area contributed by atoms with E-state index in [-0.39, 0.29) is 5.56 Å². The molecule has 0 aromatic heterocycles. The van der Waals surface area contributed by atoms with Gasteiger partial charge in [-0.05, 0) is 12.5 Å². The first-order valence-corrected chi connectivity index (χ1v) is 4.29. The Labute approximate surface area is 92.7 Å². The number of halogens is 4. The van der Waals surface area contributed by atoms with E-state index < -0.39 is 27.7 Å². The Bertz CT molecular complexity index is 410. The number of hydrogen-bond donors (Lipinski definition) is 0. The summed E-state index contributed by atoms with van der Waals surface area (Å²) in [5.74, 6) is -0.625. The van der Waals surface area contributed by atoms with Crippen LogP contribution < -0.4 is 4.74 Å². The molecule has 0 radical (unpaired) electrons. The molecule has 0 aliphatic rings. The van der Waals surface area contributed by atoms with Crippen LogP contribution in [-0.2, 0) is 0 Å². The van der Waals surface area contributed by atoms with Gasteiger partial charge in [0.25, 0.3) is 5.69 Å². The molecule has 0 N–H and O–H groups in total. The second-order valence-electron chi connectivity index (χ2n) is 2.88. The summed E-state index contributed by atoms with van der Waals surface area (Å²) in [7, 11) is 0. The van der Waals surface area contributed by atoms with E-state index in [2.05, 4.69) is 4.74 Å². The second kappa shape index (κ2) is 4.17. The number of hydrogen-bond acceptors (Lipinski definition) is 3. The summed E-state index contributed by atoms with van der Waals surface area (Å²) in [6.07, 6.45) is -4.88. The van der Waals surface area contributed by atoms with E-state index >= 15 is 0 Å². The quantitative estimate of drug-likeness (QED) is 0.601. The molecule has 0 saturated heterocycles. The topological polar surface area (TPSA) is 52.4 Å². The van der Waals surface area contributed by atoms with Crippen LogP contribution in [0.2, 0.25) is 5.02 Å². The average molecular weight is 256 g/mol. The van der Waals surface area contributed by atoms with E-state index in [9.17, 15) is 23.3 Å². The number of rotatable bonds is 2. The minimum atomic E-state index is -4.88. The molecule has 0 aliphatic heterocycles. The van der Waals surface area contributed by atoms with Crippen LogP contribution in [0.1, 0.15) is 5.56 Å². The Balaban J connectivity index is 3.18. The maximum Gasteiger partial charge on any atom is 0.573 e. The fraction of sp³-hybridized carbons (Fsp3) is 0.250. The van der Waals surface area contributed by atoms with Gasteiger partial charge >= 0.3 is 6.36 Å². The van der Waals surface area contributed by atoms with E-state index in [1.165, 1.54) is 6.92 Å². The number of alkyl halides is 3. The second-order valence-corrected chi connectivity index (χ2v) is 3.29. The summed E-state index contributed by atoms with van der Waals surface area (Å²) in [5.41, 5.74) is -0.450. The first kappa shape index (κ1) is 12.6. The molecule has 8 heteroatoms. The van der Waals surface area contributed by atoms with Crippen LogP contribution in [0.25, 0.3) is 0 Å². The molecular formula is C8H5ClF3NO3. The average Bonchev–Trinajstić information content (AvgIpc) is 2.09. The summed E-state index contributed by atoms with van der Waals surface area (Å²) in [4.78, 5) is 9.63. The van der Waals surface area contributed by atoms with Crippen LogP contribution in [-0.4, -0.2) is 11.3 Å². The minimum absolute atomic E-state index is 0.0588. The van der Waals surface area contributed by atoms with Gasteiger partial charge in [0.05, 0.1) is 9.95 Å². The van der Waals surface area contributed by atoms with Crippen molar-refractivity contribution in [2.75, 3.05) is 0 Å². The lowest BCUT2D eigenvalue weighted by Gasteiger charge is -2.12. The fourth-order valence-corrected chi connectivity index (χ4v) is 1.36. The summed E-state index contributed by atoms with van der Waals surface area (Å²) in [5, 5.41) is 9.93. The zero-order valence-electron chi connectivity index (χ0n) is 7.84. The fourth-order valence-electron chi connectivity index (χ4n) is 1.06. The first-order chi connectivity index (χ1) is 7.20. The molecule has 0 fully saturated rings. The molecule has 1 rings (SSSR count). The number of ether oxygens (including phenoxy) is 1. The van der Waals surface area contributed by atoms with Crippen molar-refractivity contribution in [2.24, 2.45) is 0 Å². The standard InChI is InChI=1S/C8H5ClF3NO3/c1-4-2-5(13(14)15)3-6(9)7(4)16-8(10,11)12/h2-3H,1H3. The van der Waals surface area contributed by atoms with Gasteiger partial charge in [0.2, 0.25) is 0 Å². The zero-order valence-corrected chi connectivity index (χ0v) is 8.59. The Hall–Kier alpha value is -1.50. The highest BCUT2D eigenvalue weighted by Gasteiger charge is 2.33. The smallest absolute Gasteiger partial charge is 0.404 e. The molecule has 0 unspecified atom stereocenters. The number of benzene rings is 1. The van der Waals surface area contributed by atoms with Gasteiger partial charge in [-0.1, -0.05) is 11.6 Å². The monoisotopic (exact) mass is 255 g/mol. The first-order valence-electron chi connectivity index (χ1n) is 3.91. The predicted octanol–water partition coefficient (Wildman–Crippen LogP) is 3.46. The van der Waals surface area contributed by atoms with E-state index in [1.807, 2.05) is 0 Å². The van der Waals surface area contributed by atoms with Crippen molar-refractivity contribution in [2.45, 2.75) is 13.3 Å². The molecular weight excluding hydrogens is 251 g/mol. The Morgan fingerprint density at radius 1 is 1.44 bits per heavy atom. The number of non-ortho nitro benzene ring substituents is 1. The summed E-state index contributed by atoms with van der Waals surface area (Å²) in [6.45, 7) is 1.24. The van der Waals surface area contributed by atoms with Gasteiger partial charge in [-0.25, -0.2) is 0 Å². The van der Waals surface area contributed by atoms with Crippen LogP contribution in [0.3, 0.4) is 0 Å². The summed E-state index contributed by atoms with van der Waals surface area (Å²) in [6, 6.07) is 1.75. The van der Waals surface area contributed by atoms with Crippen molar-refractivity contribution < 1.29 is 22.8 Å². The van der Waals surface area contributed by atoms with Crippen LogP contribution in [0.5, 0.6) is 5.75 Å². The lowest BCUT2D eigenvalue weighted by atomic mass is 10.2. The Morgan fingerprint density at radius 2 is 2.00 bits per heavy atom. The van der Waals surface area contributed by atoms with Gasteiger partial charge in [0.1, 0.15) is 0 Å². The largest absolute Gasteiger partial charge is 0.573 e. The lowest BCUT2D eigenvalue weighted by Crippen LogP contribution is -2.18. The van der Waals surface area contributed by atoms with Gasteiger partial charge in [-0.3, -0.25) is 10.1 Å². The summed E-state index contributed by atoms with van der Waals surface area (Å²) >= 11 is 5.46. The number of nitrogens with zero attached hydrogens (tertiary/aromatic N) is 1.